The Hall–Kier alpha value is -0.600. The molecule has 17 heavy (non-hydrogen) atoms. The van der Waals surface area contributed by atoms with E-state index >= 15 is 0 Å². The lowest BCUT2D eigenvalue weighted by Gasteiger charge is -2.12. The van der Waals surface area contributed by atoms with Crippen molar-refractivity contribution in [2.24, 2.45) is 0 Å². The quantitative estimate of drug-likeness (QED) is 0.641. The number of alkyl halides is 1. The second-order valence-electron chi connectivity index (χ2n) is 4.65. The zero-order valence-corrected chi connectivity index (χ0v) is 12.8. The van der Waals surface area contributed by atoms with Crippen molar-refractivity contribution in [3.05, 3.63) is 57.3 Å². The van der Waals surface area contributed by atoms with Crippen LogP contribution in [-0.2, 0) is 0 Å². The molecule has 0 saturated carbocycles. The molecule has 90 valence electrons. The van der Waals surface area contributed by atoms with Crippen molar-refractivity contribution >= 4 is 27.3 Å². The fourth-order valence-corrected chi connectivity index (χ4v) is 3.76. The van der Waals surface area contributed by atoms with Crippen LogP contribution in [0.2, 0.25) is 0 Å². The molecule has 0 amide bonds. The SMILES string of the molecule is Cc1ccsc1C(Br)c1ccc(C(C)C)cc1. The van der Waals surface area contributed by atoms with Gasteiger partial charge < -0.3 is 0 Å². The lowest BCUT2D eigenvalue weighted by molar-refractivity contribution is 0.865. The fourth-order valence-electron chi connectivity index (χ4n) is 1.85. The molecular weight excluding hydrogens is 292 g/mol. The van der Waals surface area contributed by atoms with E-state index in [1.54, 1.807) is 0 Å². The van der Waals surface area contributed by atoms with Gasteiger partial charge in [-0.15, -0.1) is 11.3 Å². The molecule has 2 aromatic rings. The summed E-state index contributed by atoms with van der Waals surface area (Å²) in [7, 11) is 0. The molecular formula is C15H17BrS. The lowest BCUT2D eigenvalue weighted by atomic mass is 10.0. The molecule has 1 atom stereocenters. The highest BCUT2D eigenvalue weighted by atomic mass is 79.9. The number of halogens is 1. The number of hydrogen-bond donors (Lipinski definition) is 0. The first-order valence-electron chi connectivity index (χ1n) is 5.87. The topological polar surface area (TPSA) is 0 Å². The normalized spacial score (nSPS) is 13.0. The van der Waals surface area contributed by atoms with Gasteiger partial charge in [-0.3, -0.25) is 0 Å². The van der Waals surface area contributed by atoms with E-state index in [0.29, 0.717) is 10.7 Å². The van der Waals surface area contributed by atoms with E-state index in [0.717, 1.165) is 0 Å². The first kappa shape index (κ1) is 12.8. The number of rotatable bonds is 3. The molecule has 2 rings (SSSR count). The van der Waals surface area contributed by atoms with E-state index in [2.05, 4.69) is 72.4 Å². The minimum absolute atomic E-state index is 0.323. The van der Waals surface area contributed by atoms with Gasteiger partial charge in [0.15, 0.2) is 0 Å². The Morgan fingerprint density at radius 3 is 2.06 bits per heavy atom. The van der Waals surface area contributed by atoms with Crippen LogP contribution in [0.4, 0.5) is 0 Å². The van der Waals surface area contributed by atoms with E-state index < -0.39 is 0 Å². The molecule has 1 aromatic carbocycles. The molecule has 0 spiro atoms. The second kappa shape index (κ2) is 5.36. The molecule has 2 heteroatoms. The van der Waals surface area contributed by atoms with E-state index in [9.17, 15) is 0 Å². The summed E-state index contributed by atoms with van der Waals surface area (Å²) in [5, 5.41) is 2.15. The van der Waals surface area contributed by atoms with Gasteiger partial charge in [-0.05, 0) is 41.0 Å². The molecule has 0 nitrogen and oxygen atoms in total. The minimum atomic E-state index is 0.323. The smallest absolute Gasteiger partial charge is 0.0740 e. The average molecular weight is 309 g/mol. The van der Waals surface area contributed by atoms with Crippen LogP contribution in [0, 0.1) is 6.92 Å². The van der Waals surface area contributed by atoms with Crippen molar-refractivity contribution in [2.75, 3.05) is 0 Å². The molecule has 0 saturated heterocycles. The third-order valence-corrected chi connectivity index (χ3v) is 5.40. The van der Waals surface area contributed by atoms with E-state index in [4.69, 9.17) is 0 Å². The molecule has 0 N–H and O–H groups in total. The molecule has 0 aliphatic heterocycles. The van der Waals surface area contributed by atoms with E-state index in [-0.39, 0.29) is 0 Å². The molecule has 0 fully saturated rings. The van der Waals surface area contributed by atoms with Crippen LogP contribution in [0.15, 0.2) is 35.7 Å². The predicted molar refractivity (Wildman–Crippen MR) is 80.4 cm³/mol. The Morgan fingerprint density at radius 1 is 1.00 bits per heavy atom. The van der Waals surface area contributed by atoms with Gasteiger partial charge in [0.05, 0.1) is 4.83 Å². The van der Waals surface area contributed by atoms with Gasteiger partial charge in [0.2, 0.25) is 0 Å². The molecule has 1 aromatic heterocycles. The van der Waals surface area contributed by atoms with Crippen LogP contribution in [0.25, 0.3) is 0 Å². The zero-order valence-electron chi connectivity index (χ0n) is 10.4. The summed E-state index contributed by atoms with van der Waals surface area (Å²) >= 11 is 5.61. The first-order chi connectivity index (χ1) is 8.09. The highest BCUT2D eigenvalue weighted by Crippen LogP contribution is 2.36. The summed E-state index contributed by atoms with van der Waals surface area (Å²) < 4.78 is 0. The predicted octanol–water partition coefficient (Wildman–Crippen LogP) is 5.66. The summed E-state index contributed by atoms with van der Waals surface area (Å²) in [6.07, 6.45) is 0. The average Bonchev–Trinajstić information content (AvgIpc) is 2.74. The van der Waals surface area contributed by atoms with Gasteiger partial charge in [-0.25, -0.2) is 0 Å². The van der Waals surface area contributed by atoms with Crippen molar-refractivity contribution < 1.29 is 0 Å². The van der Waals surface area contributed by atoms with E-state index in [1.807, 2.05) is 11.3 Å². The summed E-state index contributed by atoms with van der Waals surface area (Å²) in [4.78, 5) is 1.73. The van der Waals surface area contributed by atoms with Gasteiger partial charge in [0.1, 0.15) is 0 Å². The maximum atomic E-state index is 3.80. The zero-order chi connectivity index (χ0) is 12.4. The van der Waals surface area contributed by atoms with Gasteiger partial charge in [-0.1, -0.05) is 54.0 Å². The van der Waals surface area contributed by atoms with Gasteiger partial charge in [0.25, 0.3) is 0 Å². The minimum Gasteiger partial charge on any atom is -0.147 e. The monoisotopic (exact) mass is 308 g/mol. The Kier molecular flexibility index (Phi) is 4.05. The van der Waals surface area contributed by atoms with Crippen LogP contribution in [-0.4, -0.2) is 0 Å². The maximum Gasteiger partial charge on any atom is 0.0740 e. The summed E-state index contributed by atoms with van der Waals surface area (Å²) in [6.45, 7) is 6.62. The van der Waals surface area contributed by atoms with Crippen LogP contribution >= 0.6 is 27.3 Å². The molecule has 1 unspecified atom stereocenters. The summed E-state index contributed by atoms with van der Waals surface area (Å²) in [5.74, 6) is 0.598. The van der Waals surface area contributed by atoms with Crippen LogP contribution in [0.1, 0.15) is 46.2 Å². The summed E-state index contributed by atoms with van der Waals surface area (Å²) in [5.41, 5.74) is 4.10. The van der Waals surface area contributed by atoms with Crippen LogP contribution < -0.4 is 0 Å². The Labute approximate surface area is 116 Å². The lowest BCUT2D eigenvalue weighted by Crippen LogP contribution is -1.93. The third kappa shape index (κ3) is 2.80. The van der Waals surface area contributed by atoms with Gasteiger partial charge in [-0.2, -0.15) is 0 Å². The highest BCUT2D eigenvalue weighted by Gasteiger charge is 2.14. The fraction of sp³-hybridized carbons (Fsp3) is 0.333. The molecule has 1 heterocycles. The number of hydrogen-bond acceptors (Lipinski definition) is 1. The molecule has 0 radical (unpaired) electrons. The van der Waals surface area contributed by atoms with Gasteiger partial charge >= 0.3 is 0 Å². The molecule has 0 aliphatic rings. The number of benzene rings is 1. The highest BCUT2D eigenvalue weighted by molar-refractivity contribution is 9.09. The second-order valence-corrected chi connectivity index (χ2v) is 6.52. The van der Waals surface area contributed by atoms with Crippen molar-refractivity contribution in [1.29, 1.82) is 0 Å². The number of aryl methyl sites for hydroxylation is 1. The molecule has 0 bridgehead atoms. The Balaban J connectivity index is 2.26. The van der Waals surface area contributed by atoms with Crippen molar-refractivity contribution in [3.8, 4) is 0 Å². The van der Waals surface area contributed by atoms with Crippen LogP contribution in [0.5, 0.6) is 0 Å². The molecule has 0 aliphatic carbocycles. The summed E-state index contributed by atoms with van der Waals surface area (Å²) in [6, 6.07) is 11.1. The standard InChI is InChI=1S/C15H17BrS/c1-10(2)12-4-6-13(7-5-12)14(16)15-11(3)8-9-17-15/h4-10,14H,1-3H3. The third-order valence-electron chi connectivity index (χ3n) is 3.03. The largest absolute Gasteiger partial charge is 0.147 e. The van der Waals surface area contributed by atoms with Gasteiger partial charge in [0, 0.05) is 4.88 Å². The number of thiophene rings is 1. The van der Waals surface area contributed by atoms with Crippen LogP contribution in [0.3, 0.4) is 0 Å². The first-order valence-corrected chi connectivity index (χ1v) is 7.67. The van der Waals surface area contributed by atoms with Crippen molar-refractivity contribution in [2.45, 2.75) is 31.5 Å². The van der Waals surface area contributed by atoms with Crippen molar-refractivity contribution in [1.82, 2.24) is 0 Å². The maximum absolute atomic E-state index is 3.80. The Morgan fingerprint density at radius 2 is 1.59 bits per heavy atom. The Bertz CT molecular complexity index is 482. The van der Waals surface area contributed by atoms with Crippen molar-refractivity contribution in [3.63, 3.8) is 0 Å². The van der Waals surface area contributed by atoms with E-state index in [1.165, 1.54) is 21.6 Å².